The van der Waals surface area contributed by atoms with Crippen molar-refractivity contribution >= 4 is 22.6 Å². The van der Waals surface area contributed by atoms with Crippen LogP contribution in [0.15, 0.2) is 17.1 Å². The van der Waals surface area contributed by atoms with Gasteiger partial charge >= 0.3 is 5.97 Å². The van der Waals surface area contributed by atoms with Crippen molar-refractivity contribution in [3.05, 3.63) is 28.0 Å². The molecule has 8 nitrogen and oxygen atoms in total. The molecule has 2 fully saturated rings. The summed E-state index contributed by atoms with van der Waals surface area (Å²) in [7, 11) is 3.09. The van der Waals surface area contributed by atoms with Crippen molar-refractivity contribution < 1.29 is 19.4 Å². The SMILES string of the molecule is COc1cc2c(=O)c(C(=O)O)c[nH]c2c(OC)c1N1C[C@@H]2CCCN[C@@H]2C1. The molecule has 0 bridgehead atoms. The fourth-order valence-electron chi connectivity index (χ4n) is 4.34. The molecule has 1 aromatic heterocycles. The van der Waals surface area contributed by atoms with Gasteiger partial charge < -0.3 is 29.8 Å². The Labute approximate surface area is 156 Å². The minimum Gasteiger partial charge on any atom is -0.494 e. The van der Waals surface area contributed by atoms with Crippen molar-refractivity contribution in [3.63, 3.8) is 0 Å². The Hall–Kier alpha value is -2.74. The largest absolute Gasteiger partial charge is 0.494 e. The zero-order valence-corrected chi connectivity index (χ0v) is 15.4. The van der Waals surface area contributed by atoms with E-state index in [9.17, 15) is 14.7 Å². The number of hydrogen-bond acceptors (Lipinski definition) is 6. The highest BCUT2D eigenvalue weighted by molar-refractivity contribution is 5.98. The van der Waals surface area contributed by atoms with Gasteiger partial charge in [-0.05, 0) is 31.4 Å². The first-order valence-corrected chi connectivity index (χ1v) is 9.07. The highest BCUT2D eigenvalue weighted by Crippen LogP contribution is 2.44. The lowest BCUT2D eigenvalue weighted by atomic mass is 9.94. The first kappa shape index (κ1) is 17.7. The van der Waals surface area contributed by atoms with E-state index in [0.29, 0.717) is 29.0 Å². The maximum atomic E-state index is 12.6. The van der Waals surface area contributed by atoms with Gasteiger partial charge in [0, 0.05) is 25.3 Å². The number of benzene rings is 1. The monoisotopic (exact) mass is 373 g/mol. The molecule has 1 aromatic carbocycles. The number of fused-ring (bicyclic) bond motifs is 2. The first-order chi connectivity index (χ1) is 13.0. The van der Waals surface area contributed by atoms with Crippen LogP contribution in [0.25, 0.3) is 10.9 Å². The average Bonchev–Trinajstić information content (AvgIpc) is 3.10. The van der Waals surface area contributed by atoms with Crippen molar-refractivity contribution in [1.82, 2.24) is 10.3 Å². The van der Waals surface area contributed by atoms with Gasteiger partial charge in [-0.3, -0.25) is 4.79 Å². The van der Waals surface area contributed by atoms with Crippen molar-refractivity contribution in [1.29, 1.82) is 0 Å². The van der Waals surface area contributed by atoms with E-state index >= 15 is 0 Å². The molecule has 3 heterocycles. The lowest BCUT2D eigenvalue weighted by Crippen LogP contribution is -2.40. The number of carboxylic acids is 1. The molecule has 144 valence electrons. The highest BCUT2D eigenvalue weighted by Gasteiger charge is 2.37. The second-order valence-corrected chi connectivity index (χ2v) is 7.09. The summed E-state index contributed by atoms with van der Waals surface area (Å²) in [6.45, 7) is 2.75. The van der Waals surface area contributed by atoms with Gasteiger partial charge in [0.2, 0.25) is 5.43 Å². The number of anilines is 1. The number of nitrogens with zero attached hydrogens (tertiary/aromatic N) is 1. The third kappa shape index (κ3) is 2.80. The van der Waals surface area contributed by atoms with Crippen LogP contribution >= 0.6 is 0 Å². The molecule has 0 aliphatic carbocycles. The predicted molar refractivity (Wildman–Crippen MR) is 101 cm³/mol. The number of piperidine rings is 1. The minimum atomic E-state index is -1.27. The smallest absolute Gasteiger partial charge is 0.341 e. The lowest BCUT2D eigenvalue weighted by molar-refractivity contribution is 0.0695. The first-order valence-electron chi connectivity index (χ1n) is 9.07. The summed E-state index contributed by atoms with van der Waals surface area (Å²) in [4.78, 5) is 29.1. The van der Waals surface area contributed by atoms with E-state index in [2.05, 4.69) is 15.2 Å². The molecular weight excluding hydrogens is 350 g/mol. The van der Waals surface area contributed by atoms with Crippen LogP contribution in [-0.2, 0) is 0 Å². The van der Waals surface area contributed by atoms with E-state index in [1.807, 2.05) is 0 Å². The van der Waals surface area contributed by atoms with Gasteiger partial charge in [0.05, 0.1) is 25.1 Å². The summed E-state index contributed by atoms with van der Waals surface area (Å²) in [5, 5.41) is 13.0. The number of H-pyrrole nitrogens is 1. The van der Waals surface area contributed by atoms with E-state index in [-0.39, 0.29) is 10.9 Å². The Kier molecular flexibility index (Phi) is 4.43. The van der Waals surface area contributed by atoms with Gasteiger partial charge in [-0.25, -0.2) is 4.79 Å². The fourth-order valence-corrected chi connectivity index (χ4v) is 4.34. The zero-order chi connectivity index (χ0) is 19.1. The van der Waals surface area contributed by atoms with Crippen LogP contribution in [0.2, 0.25) is 0 Å². The molecule has 0 saturated carbocycles. The summed E-state index contributed by atoms with van der Waals surface area (Å²) < 4.78 is 11.2. The van der Waals surface area contributed by atoms with Crippen LogP contribution in [0.5, 0.6) is 11.5 Å². The summed E-state index contributed by atoms with van der Waals surface area (Å²) in [5.41, 5.74) is 0.403. The number of aromatic nitrogens is 1. The molecule has 0 amide bonds. The van der Waals surface area contributed by atoms with Crippen molar-refractivity contribution in [2.24, 2.45) is 5.92 Å². The molecule has 0 spiro atoms. The quantitative estimate of drug-likeness (QED) is 0.745. The number of aromatic amines is 1. The molecular formula is C19H23N3O5. The number of ether oxygens (including phenoxy) is 2. The topological polar surface area (TPSA) is 104 Å². The number of carboxylic acid groups (broad SMARTS) is 1. The van der Waals surface area contributed by atoms with Crippen molar-refractivity contribution in [2.75, 3.05) is 38.8 Å². The molecule has 27 heavy (non-hydrogen) atoms. The number of nitrogens with one attached hydrogen (secondary N) is 2. The predicted octanol–water partition coefficient (Wildman–Crippen LogP) is 1.43. The zero-order valence-electron chi connectivity index (χ0n) is 15.4. The normalized spacial score (nSPS) is 21.9. The Bertz CT molecular complexity index is 940. The number of aromatic carboxylic acids is 1. The molecule has 4 rings (SSSR count). The maximum Gasteiger partial charge on any atom is 0.341 e. The van der Waals surface area contributed by atoms with E-state index in [4.69, 9.17) is 9.47 Å². The van der Waals surface area contributed by atoms with Crippen LogP contribution in [0.3, 0.4) is 0 Å². The Morgan fingerprint density at radius 1 is 1.30 bits per heavy atom. The molecule has 2 aromatic rings. The van der Waals surface area contributed by atoms with Crippen LogP contribution in [0.1, 0.15) is 23.2 Å². The molecule has 3 N–H and O–H groups in total. The summed E-state index contributed by atoms with van der Waals surface area (Å²) in [6.07, 6.45) is 3.58. The molecule has 0 unspecified atom stereocenters. The van der Waals surface area contributed by atoms with Crippen molar-refractivity contribution in [3.8, 4) is 11.5 Å². The lowest BCUT2D eigenvalue weighted by Gasteiger charge is -2.25. The van der Waals surface area contributed by atoms with E-state index in [1.54, 1.807) is 20.3 Å². The van der Waals surface area contributed by atoms with Crippen LogP contribution in [0, 0.1) is 5.92 Å². The molecule has 8 heteroatoms. The van der Waals surface area contributed by atoms with E-state index < -0.39 is 11.4 Å². The van der Waals surface area contributed by atoms with Gasteiger partial charge in [-0.2, -0.15) is 0 Å². The van der Waals surface area contributed by atoms with Crippen molar-refractivity contribution in [2.45, 2.75) is 18.9 Å². The second kappa shape index (κ2) is 6.77. The van der Waals surface area contributed by atoms with Crippen LogP contribution < -0.4 is 25.1 Å². The van der Waals surface area contributed by atoms with Crippen LogP contribution in [0.4, 0.5) is 5.69 Å². The Morgan fingerprint density at radius 3 is 2.78 bits per heavy atom. The fraction of sp³-hybridized carbons (Fsp3) is 0.474. The Balaban J connectivity index is 1.89. The minimum absolute atomic E-state index is 0.238. The average molecular weight is 373 g/mol. The number of pyridine rings is 1. The van der Waals surface area contributed by atoms with E-state index in [0.717, 1.165) is 25.3 Å². The van der Waals surface area contributed by atoms with Gasteiger partial charge in [0.25, 0.3) is 0 Å². The number of hydrogen-bond donors (Lipinski definition) is 3. The number of methoxy groups -OCH3 is 2. The molecule has 0 radical (unpaired) electrons. The Morgan fingerprint density at radius 2 is 2.11 bits per heavy atom. The van der Waals surface area contributed by atoms with Gasteiger partial charge in [0.1, 0.15) is 17.0 Å². The van der Waals surface area contributed by atoms with E-state index in [1.165, 1.54) is 19.0 Å². The molecule has 2 atom stereocenters. The molecule has 2 saturated heterocycles. The third-order valence-electron chi connectivity index (χ3n) is 5.64. The molecule has 2 aliphatic heterocycles. The highest BCUT2D eigenvalue weighted by atomic mass is 16.5. The summed E-state index contributed by atoms with van der Waals surface area (Å²) >= 11 is 0. The second-order valence-electron chi connectivity index (χ2n) is 7.09. The number of rotatable bonds is 4. The van der Waals surface area contributed by atoms with Gasteiger partial charge in [0.15, 0.2) is 5.75 Å². The number of carbonyl (C=O) groups is 1. The van der Waals surface area contributed by atoms with Gasteiger partial charge in [-0.1, -0.05) is 0 Å². The van der Waals surface area contributed by atoms with Crippen LogP contribution in [-0.4, -0.2) is 56.0 Å². The van der Waals surface area contributed by atoms with Gasteiger partial charge in [-0.15, -0.1) is 0 Å². The standard InChI is InChI=1S/C19H23N3O5/c1-26-14-6-11-15(21-7-12(17(11)23)19(24)25)18(27-2)16(14)22-8-10-4-3-5-20-13(10)9-22/h6-7,10,13,20H,3-5,8-9H2,1-2H3,(H,21,23)(H,24,25)/t10-,13+/m0/s1. The third-order valence-corrected chi connectivity index (χ3v) is 5.64. The summed E-state index contributed by atoms with van der Waals surface area (Å²) in [6, 6.07) is 2.03. The maximum absolute atomic E-state index is 12.6. The molecule has 2 aliphatic rings. The summed E-state index contributed by atoms with van der Waals surface area (Å²) in [5.74, 6) is 0.301.